The zero-order valence-corrected chi connectivity index (χ0v) is 18.9. The first-order valence-corrected chi connectivity index (χ1v) is 12.1. The van der Waals surface area contributed by atoms with E-state index in [2.05, 4.69) is 15.3 Å². The standard InChI is InChI=1S/C23H19ClN4O4S/c24-20-6-3-17(13-19(20)22-21-15(7-9-25-21)8-10-26-22)27-23(29)16-1-4-18(5-2-16)28-11-12-32-14-33(28,30)31/h1-10,13,25H,11-12,14H2,(H,27,29). The summed E-state index contributed by atoms with van der Waals surface area (Å²) in [6.07, 6.45) is 3.55. The fourth-order valence-electron chi connectivity index (χ4n) is 3.76. The van der Waals surface area contributed by atoms with Crippen LogP contribution in [0.25, 0.3) is 22.2 Å². The minimum absolute atomic E-state index is 0.239. The van der Waals surface area contributed by atoms with E-state index in [-0.39, 0.29) is 18.4 Å². The highest BCUT2D eigenvalue weighted by molar-refractivity contribution is 7.92. The minimum Gasteiger partial charge on any atom is -0.362 e. The lowest BCUT2D eigenvalue weighted by atomic mass is 10.1. The maximum Gasteiger partial charge on any atom is 0.259 e. The maximum absolute atomic E-state index is 12.8. The molecular weight excluding hydrogens is 464 g/mol. The Bertz CT molecular complexity index is 1450. The van der Waals surface area contributed by atoms with Gasteiger partial charge in [-0.05, 0) is 54.6 Å². The molecule has 2 aromatic heterocycles. The number of nitrogens with one attached hydrogen (secondary N) is 2. The van der Waals surface area contributed by atoms with E-state index in [1.54, 1.807) is 48.7 Å². The maximum atomic E-state index is 12.8. The van der Waals surface area contributed by atoms with Crippen LogP contribution in [0.15, 0.2) is 67.0 Å². The number of sulfonamides is 1. The summed E-state index contributed by atoms with van der Waals surface area (Å²) in [7, 11) is -3.52. The van der Waals surface area contributed by atoms with Gasteiger partial charge in [0.15, 0.2) is 5.94 Å². The van der Waals surface area contributed by atoms with Crippen molar-refractivity contribution in [2.45, 2.75) is 0 Å². The molecule has 0 aliphatic carbocycles. The van der Waals surface area contributed by atoms with Crippen molar-refractivity contribution in [2.24, 2.45) is 0 Å². The lowest BCUT2D eigenvalue weighted by Gasteiger charge is -2.28. The third-order valence-corrected chi connectivity index (χ3v) is 7.24. The van der Waals surface area contributed by atoms with Gasteiger partial charge in [-0.25, -0.2) is 8.42 Å². The zero-order chi connectivity index (χ0) is 23.0. The minimum atomic E-state index is -3.52. The first-order chi connectivity index (χ1) is 15.9. The number of anilines is 2. The van der Waals surface area contributed by atoms with Gasteiger partial charge in [-0.15, -0.1) is 0 Å². The van der Waals surface area contributed by atoms with Crippen LogP contribution in [-0.4, -0.2) is 43.4 Å². The molecule has 0 radical (unpaired) electrons. The summed E-state index contributed by atoms with van der Waals surface area (Å²) in [6, 6.07) is 15.5. The fourth-order valence-corrected chi connectivity index (χ4v) is 5.22. The zero-order valence-electron chi connectivity index (χ0n) is 17.3. The Hall–Kier alpha value is -3.40. The highest BCUT2D eigenvalue weighted by Gasteiger charge is 2.26. The number of hydrogen-bond acceptors (Lipinski definition) is 5. The summed E-state index contributed by atoms with van der Waals surface area (Å²) >= 11 is 6.44. The second-order valence-corrected chi connectivity index (χ2v) is 9.75. The number of benzene rings is 2. The van der Waals surface area contributed by atoms with Crippen LogP contribution >= 0.6 is 11.6 Å². The van der Waals surface area contributed by atoms with Crippen molar-refractivity contribution >= 4 is 49.8 Å². The number of halogens is 1. The smallest absolute Gasteiger partial charge is 0.259 e. The number of hydrogen-bond donors (Lipinski definition) is 2. The molecule has 1 amide bonds. The van der Waals surface area contributed by atoms with Gasteiger partial charge in [0.1, 0.15) is 0 Å². The normalized spacial score (nSPS) is 15.5. The molecule has 3 heterocycles. The molecule has 0 unspecified atom stereocenters. The van der Waals surface area contributed by atoms with E-state index in [1.165, 1.54) is 4.31 Å². The summed E-state index contributed by atoms with van der Waals surface area (Å²) < 4.78 is 30.7. The van der Waals surface area contributed by atoms with Crippen molar-refractivity contribution < 1.29 is 17.9 Å². The quantitative estimate of drug-likeness (QED) is 0.452. The van der Waals surface area contributed by atoms with Crippen LogP contribution in [0.4, 0.5) is 11.4 Å². The Morgan fingerprint density at radius 1 is 1.12 bits per heavy atom. The fraction of sp³-hybridized carbons (Fsp3) is 0.130. The van der Waals surface area contributed by atoms with Crippen molar-refractivity contribution in [1.29, 1.82) is 0 Å². The largest absolute Gasteiger partial charge is 0.362 e. The number of H-pyrrole nitrogens is 1. The lowest BCUT2D eigenvalue weighted by molar-refractivity contribution is 0.102. The first kappa shape index (κ1) is 21.4. The molecule has 0 atom stereocenters. The average molecular weight is 483 g/mol. The van der Waals surface area contributed by atoms with Gasteiger partial charge in [0.2, 0.25) is 0 Å². The molecule has 1 saturated heterocycles. The molecule has 8 nitrogen and oxygen atoms in total. The average Bonchev–Trinajstić information content (AvgIpc) is 3.29. The van der Waals surface area contributed by atoms with E-state index in [9.17, 15) is 13.2 Å². The Morgan fingerprint density at radius 2 is 1.94 bits per heavy atom. The molecule has 2 N–H and O–H groups in total. The molecule has 0 saturated carbocycles. The molecule has 2 aromatic carbocycles. The van der Waals surface area contributed by atoms with Crippen LogP contribution in [0.3, 0.4) is 0 Å². The Morgan fingerprint density at radius 3 is 2.73 bits per heavy atom. The number of rotatable bonds is 4. The Labute approximate surface area is 195 Å². The van der Waals surface area contributed by atoms with E-state index in [0.29, 0.717) is 39.8 Å². The lowest BCUT2D eigenvalue weighted by Crippen LogP contribution is -2.41. The number of aromatic amines is 1. The van der Waals surface area contributed by atoms with Crippen molar-refractivity contribution in [3.63, 3.8) is 0 Å². The van der Waals surface area contributed by atoms with Gasteiger partial charge in [-0.1, -0.05) is 11.6 Å². The van der Waals surface area contributed by atoms with Gasteiger partial charge in [-0.2, -0.15) is 0 Å². The van der Waals surface area contributed by atoms with Crippen LogP contribution in [0.2, 0.25) is 5.02 Å². The number of carbonyl (C=O) groups excluding carboxylic acids is 1. The molecule has 0 bridgehead atoms. The summed E-state index contributed by atoms with van der Waals surface area (Å²) in [5.41, 5.74) is 3.69. The van der Waals surface area contributed by atoms with Gasteiger partial charge in [0.25, 0.3) is 15.9 Å². The molecule has 1 aliphatic heterocycles. The number of nitrogens with zero attached hydrogens (tertiary/aromatic N) is 2. The number of aromatic nitrogens is 2. The van der Waals surface area contributed by atoms with Crippen molar-refractivity contribution in [3.05, 3.63) is 77.6 Å². The number of carbonyl (C=O) groups is 1. The van der Waals surface area contributed by atoms with Crippen molar-refractivity contribution in [3.8, 4) is 11.3 Å². The van der Waals surface area contributed by atoms with E-state index in [0.717, 1.165) is 10.9 Å². The van der Waals surface area contributed by atoms with Gasteiger partial charge in [-0.3, -0.25) is 14.1 Å². The van der Waals surface area contributed by atoms with Crippen LogP contribution in [0, 0.1) is 0 Å². The summed E-state index contributed by atoms with van der Waals surface area (Å²) in [5.74, 6) is -0.676. The number of fused-ring (bicyclic) bond motifs is 1. The molecule has 33 heavy (non-hydrogen) atoms. The van der Waals surface area contributed by atoms with Crippen LogP contribution in [0.5, 0.6) is 0 Å². The van der Waals surface area contributed by atoms with Crippen molar-refractivity contribution in [1.82, 2.24) is 9.97 Å². The summed E-state index contributed by atoms with van der Waals surface area (Å²) in [4.78, 5) is 20.5. The molecule has 1 fully saturated rings. The molecule has 4 aromatic rings. The predicted octanol–water partition coefficient (Wildman–Crippen LogP) is 4.26. The van der Waals surface area contributed by atoms with Gasteiger partial charge in [0, 0.05) is 34.6 Å². The first-order valence-electron chi connectivity index (χ1n) is 10.1. The van der Waals surface area contributed by atoms with Crippen LogP contribution in [-0.2, 0) is 14.8 Å². The van der Waals surface area contributed by atoms with Crippen LogP contribution in [0.1, 0.15) is 10.4 Å². The Balaban J connectivity index is 1.38. The SMILES string of the molecule is O=C(Nc1ccc(Cl)c(-c2nccc3cc[nH]c23)c1)c1ccc(N2CCOCS2(=O)=O)cc1. The van der Waals surface area contributed by atoms with E-state index in [4.69, 9.17) is 16.3 Å². The topological polar surface area (TPSA) is 104 Å². The highest BCUT2D eigenvalue weighted by Crippen LogP contribution is 2.33. The molecule has 168 valence electrons. The number of amides is 1. The second-order valence-electron chi connectivity index (χ2n) is 7.51. The van der Waals surface area contributed by atoms with E-state index in [1.807, 2.05) is 18.3 Å². The molecule has 10 heteroatoms. The Kier molecular flexibility index (Phi) is 5.53. The summed E-state index contributed by atoms with van der Waals surface area (Å²) in [5, 5.41) is 4.39. The van der Waals surface area contributed by atoms with E-state index < -0.39 is 10.0 Å². The van der Waals surface area contributed by atoms with Gasteiger partial charge >= 0.3 is 0 Å². The molecule has 5 rings (SSSR count). The molecule has 1 aliphatic rings. The summed E-state index contributed by atoms with van der Waals surface area (Å²) in [6.45, 7) is 0.564. The van der Waals surface area contributed by atoms with Crippen LogP contribution < -0.4 is 9.62 Å². The molecule has 0 spiro atoms. The number of pyridine rings is 1. The number of ether oxygens (including phenoxy) is 1. The van der Waals surface area contributed by atoms with Gasteiger partial charge in [0.05, 0.1) is 35.1 Å². The third-order valence-electron chi connectivity index (χ3n) is 5.38. The van der Waals surface area contributed by atoms with E-state index >= 15 is 0 Å². The monoisotopic (exact) mass is 482 g/mol. The predicted molar refractivity (Wildman–Crippen MR) is 128 cm³/mol. The highest BCUT2D eigenvalue weighted by atomic mass is 35.5. The van der Waals surface area contributed by atoms with Crippen molar-refractivity contribution in [2.75, 3.05) is 28.7 Å². The molecular formula is C23H19ClN4O4S. The third kappa shape index (κ3) is 4.18. The second kappa shape index (κ2) is 8.51. The van der Waals surface area contributed by atoms with Gasteiger partial charge < -0.3 is 15.0 Å².